The third-order valence-corrected chi connectivity index (χ3v) is 4.19. The Morgan fingerprint density at radius 3 is 2.61 bits per heavy atom. The topological polar surface area (TPSA) is 70.7 Å². The summed E-state index contributed by atoms with van der Waals surface area (Å²) in [6, 6.07) is 7.73. The molecule has 0 aromatic heterocycles. The van der Waals surface area contributed by atoms with Crippen molar-refractivity contribution in [3.63, 3.8) is 0 Å². The number of carbonyl (C=O) groups excluding carboxylic acids is 2. The second kappa shape index (κ2) is 8.53. The van der Waals surface area contributed by atoms with Gasteiger partial charge in [-0.3, -0.25) is 15.0 Å². The van der Waals surface area contributed by atoms with Crippen LogP contribution in [0.1, 0.15) is 37.3 Å². The summed E-state index contributed by atoms with van der Waals surface area (Å²) in [6.45, 7) is 1.09. The molecule has 0 saturated carbocycles. The largest absolute Gasteiger partial charge is 0.497 e. The highest BCUT2D eigenvalue weighted by Gasteiger charge is 2.24. The molecule has 1 saturated heterocycles. The Balaban J connectivity index is 2.09. The van der Waals surface area contributed by atoms with Gasteiger partial charge in [-0.05, 0) is 37.1 Å². The molecule has 0 radical (unpaired) electrons. The molecule has 126 valence electrons. The molecule has 1 aliphatic heterocycles. The first-order valence-electron chi connectivity index (χ1n) is 8.03. The summed E-state index contributed by atoms with van der Waals surface area (Å²) >= 11 is 0. The van der Waals surface area contributed by atoms with E-state index in [-0.39, 0.29) is 18.5 Å². The zero-order valence-electron chi connectivity index (χ0n) is 13.8. The van der Waals surface area contributed by atoms with Crippen molar-refractivity contribution in [1.82, 2.24) is 15.5 Å². The number of nitrogens with zero attached hydrogens (tertiary/aromatic N) is 1. The molecule has 1 fully saturated rings. The zero-order chi connectivity index (χ0) is 16.7. The van der Waals surface area contributed by atoms with Crippen LogP contribution in [0.4, 0.5) is 4.79 Å². The third-order valence-electron chi connectivity index (χ3n) is 4.19. The van der Waals surface area contributed by atoms with Crippen LogP contribution in [0.15, 0.2) is 24.3 Å². The minimum Gasteiger partial charge on any atom is -0.497 e. The lowest BCUT2D eigenvalue weighted by molar-refractivity contribution is -0.121. The van der Waals surface area contributed by atoms with Gasteiger partial charge in [0.05, 0.1) is 13.7 Å². The van der Waals surface area contributed by atoms with Crippen LogP contribution < -0.4 is 15.4 Å². The van der Waals surface area contributed by atoms with Crippen LogP contribution in [0.3, 0.4) is 0 Å². The Bertz CT molecular complexity index is 530. The first-order valence-corrected chi connectivity index (χ1v) is 8.03. The number of methoxy groups -OCH3 is 1. The first kappa shape index (κ1) is 17.3. The zero-order valence-corrected chi connectivity index (χ0v) is 13.8. The van der Waals surface area contributed by atoms with Crippen LogP contribution in [0.5, 0.6) is 5.75 Å². The van der Waals surface area contributed by atoms with Crippen molar-refractivity contribution in [2.45, 2.75) is 31.7 Å². The summed E-state index contributed by atoms with van der Waals surface area (Å²) in [7, 11) is 3.14. The van der Waals surface area contributed by atoms with Crippen molar-refractivity contribution in [2.75, 3.05) is 27.2 Å². The molecular formula is C17H25N3O3. The Labute approximate surface area is 137 Å². The average Bonchev–Trinajstić information content (AvgIpc) is 2.80. The monoisotopic (exact) mass is 319 g/mol. The predicted molar refractivity (Wildman–Crippen MR) is 88.4 cm³/mol. The Hall–Kier alpha value is -2.08. The number of nitrogens with one attached hydrogen (secondary N) is 2. The Morgan fingerprint density at radius 2 is 1.96 bits per heavy atom. The molecule has 1 aromatic carbocycles. The molecule has 0 spiro atoms. The highest BCUT2D eigenvalue weighted by atomic mass is 16.5. The van der Waals surface area contributed by atoms with Gasteiger partial charge < -0.3 is 10.1 Å². The summed E-state index contributed by atoms with van der Waals surface area (Å²) in [6.07, 6.45) is 4.39. The van der Waals surface area contributed by atoms with Gasteiger partial charge in [-0.15, -0.1) is 0 Å². The standard InChI is InChI=1S/C17H25N3O3/c1-18-17(22)19-16(21)12-20-11-5-3-4-6-15(20)13-7-9-14(23-2)10-8-13/h7-10,15H,3-6,11-12H2,1-2H3,(H2,18,19,21,22). The van der Waals surface area contributed by atoms with Crippen LogP contribution in [-0.4, -0.2) is 44.1 Å². The number of carbonyl (C=O) groups is 2. The Kier molecular flexibility index (Phi) is 6.40. The van der Waals surface area contributed by atoms with E-state index in [0.29, 0.717) is 0 Å². The van der Waals surface area contributed by atoms with E-state index >= 15 is 0 Å². The van der Waals surface area contributed by atoms with E-state index in [2.05, 4.69) is 27.7 Å². The Morgan fingerprint density at radius 1 is 1.22 bits per heavy atom. The number of imide groups is 1. The number of ether oxygens (including phenoxy) is 1. The van der Waals surface area contributed by atoms with E-state index in [4.69, 9.17) is 4.74 Å². The van der Waals surface area contributed by atoms with Gasteiger partial charge in [0, 0.05) is 13.1 Å². The van der Waals surface area contributed by atoms with Gasteiger partial charge in [0.15, 0.2) is 0 Å². The fourth-order valence-corrected chi connectivity index (χ4v) is 2.97. The summed E-state index contributed by atoms with van der Waals surface area (Å²) in [4.78, 5) is 25.5. The van der Waals surface area contributed by atoms with E-state index in [1.807, 2.05) is 12.1 Å². The maximum atomic E-state index is 12.0. The molecule has 1 heterocycles. The lowest BCUT2D eigenvalue weighted by Gasteiger charge is -2.29. The van der Waals surface area contributed by atoms with E-state index in [1.54, 1.807) is 7.11 Å². The quantitative estimate of drug-likeness (QED) is 0.891. The number of likely N-dealkylation sites (tertiary alicyclic amines) is 1. The maximum absolute atomic E-state index is 12.0. The molecule has 1 aliphatic rings. The summed E-state index contributed by atoms with van der Waals surface area (Å²) in [5, 5.41) is 4.73. The number of urea groups is 1. The van der Waals surface area contributed by atoms with E-state index in [1.165, 1.54) is 19.0 Å². The third kappa shape index (κ3) is 4.96. The van der Waals surface area contributed by atoms with Crippen molar-refractivity contribution in [3.8, 4) is 5.75 Å². The normalized spacial score (nSPS) is 18.8. The molecule has 1 aromatic rings. The maximum Gasteiger partial charge on any atom is 0.321 e. The van der Waals surface area contributed by atoms with Crippen LogP contribution in [0.2, 0.25) is 0 Å². The van der Waals surface area contributed by atoms with Crippen molar-refractivity contribution in [1.29, 1.82) is 0 Å². The van der Waals surface area contributed by atoms with Crippen LogP contribution >= 0.6 is 0 Å². The van der Waals surface area contributed by atoms with Crippen molar-refractivity contribution in [2.24, 2.45) is 0 Å². The SMILES string of the molecule is CNC(=O)NC(=O)CN1CCCCCC1c1ccc(OC)cc1. The second-order valence-electron chi connectivity index (χ2n) is 5.74. The number of rotatable bonds is 4. The highest BCUT2D eigenvalue weighted by Crippen LogP contribution is 2.30. The molecule has 23 heavy (non-hydrogen) atoms. The fraction of sp³-hybridized carbons (Fsp3) is 0.529. The molecule has 0 aliphatic carbocycles. The summed E-state index contributed by atoms with van der Waals surface area (Å²) in [5.74, 6) is 0.552. The minimum absolute atomic E-state index is 0.193. The lowest BCUT2D eigenvalue weighted by atomic mass is 10.0. The van der Waals surface area contributed by atoms with Crippen LogP contribution in [0, 0.1) is 0 Å². The van der Waals surface area contributed by atoms with Crippen molar-refractivity contribution < 1.29 is 14.3 Å². The van der Waals surface area contributed by atoms with Gasteiger partial charge in [-0.1, -0.05) is 25.0 Å². The molecule has 2 N–H and O–H groups in total. The molecule has 3 amide bonds. The van der Waals surface area contributed by atoms with Gasteiger partial charge in [-0.2, -0.15) is 0 Å². The molecule has 1 atom stereocenters. The first-order chi connectivity index (χ1) is 11.1. The number of benzene rings is 1. The average molecular weight is 319 g/mol. The van der Waals surface area contributed by atoms with Gasteiger partial charge >= 0.3 is 6.03 Å². The molecule has 1 unspecified atom stereocenters. The molecule has 2 rings (SSSR count). The highest BCUT2D eigenvalue weighted by molar-refractivity contribution is 5.95. The van der Waals surface area contributed by atoms with Crippen molar-refractivity contribution in [3.05, 3.63) is 29.8 Å². The number of hydrogen-bond donors (Lipinski definition) is 2. The van der Waals surface area contributed by atoms with Gasteiger partial charge in [-0.25, -0.2) is 4.79 Å². The van der Waals surface area contributed by atoms with Crippen LogP contribution in [0.25, 0.3) is 0 Å². The summed E-state index contributed by atoms with van der Waals surface area (Å²) in [5.41, 5.74) is 1.18. The predicted octanol–water partition coefficient (Wildman–Crippen LogP) is 2.07. The van der Waals surface area contributed by atoms with Gasteiger partial charge in [0.1, 0.15) is 5.75 Å². The molecule has 6 heteroatoms. The van der Waals surface area contributed by atoms with Crippen molar-refractivity contribution >= 4 is 11.9 Å². The molecule has 6 nitrogen and oxygen atoms in total. The smallest absolute Gasteiger partial charge is 0.321 e. The fourth-order valence-electron chi connectivity index (χ4n) is 2.97. The van der Waals surface area contributed by atoms with E-state index in [9.17, 15) is 9.59 Å². The minimum atomic E-state index is -0.467. The lowest BCUT2D eigenvalue weighted by Crippen LogP contribution is -2.44. The molecular weight excluding hydrogens is 294 g/mol. The summed E-state index contributed by atoms with van der Waals surface area (Å²) < 4.78 is 5.21. The van der Waals surface area contributed by atoms with Gasteiger partial charge in [0.2, 0.25) is 5.91 Å². The second-order valence-corrected chi connectivity index (χ2v) is 5.74. The van der Waals surface area contributed by atoms with Gasteiger partial charge in [0.25, 0.3) is 0 Å². The molecule has 0 bridgehead atoms. The van der Waals surface area contributed by atoms with Crippen LogP contribution in [-0.2, 0) is 4.79 Å². The number of amides is 3. The van der Waals surface area contributed by atoms with E-state index < -0.39 is 6.03 Å². The van der Waals surface area contributed by atoms with E-state index in [0.717, 1.165) is 31.6 Å². The number of hydrogen-bond acceptors (Lipinski definition) is 4.